The number of allylic oxidation sites excluding steroid dienone is 2. The van der Waals surface area contributed by atoms with Crippen molar-refractivity contribution in [2.45, 2.75) is 89.2 Å². The van der Waals surface area contributed by atoms with E-state index in [0.717, 1.165) is 57.4 Å². The van der Waals surface area contributed by atoms with Crippen molar-refractivity contribution in [1.82, 2.24) is 20.2 Å². The highest BCUT2D eigenvalue weighted by atomic mass is 16.5. The molecular formula is C27H39N5O3. The summed E-state index contributed by atoms with van der Waals surface area (Å²) in [5, 5.41) is 23.8. The van der Waals surface area contributed by atoms with Crippen LogP contribution in [0.2, 0.25) is 0 Å². The van der Waals surface area contributed by atoms with E-state index in [9.17, 15) is 9.90 Å². The van der Waals surface area contributed by atoms with Crippen LogP contribution in [-0.4, -0.2) is 70.3 Å². The van der Waals surface area contributed by atoms with Gasteiger partial charge in [-0.1, -0.05) is 6.42 Å². The van der Waals surface area contributed by atoms with E-state index in [2.05, 4.69) is 29.2 Å². The molecule has 0 unspecified atom stereocenters. The second kappa shape index (κ2) is 9.97. The third kappa shape index (κ3) is 4.62. The molecule has 1 saturated carbocycles. The lowest BCUT2D eigenvalue weighted by atomic mass is 9.64. The topological polar surface area (TPSA) is 111 Å². The van der Waals surface area contributed by atoms with Crippen molar-refractivity contribution < 1.29 is 14.6 Å². The number of ether oxygens (including phenoxy) is 1. The summed E-state index contributed by atoms with van der Waals surface area (Å²) in [6.45, 7) is 4.95. The molecule has 5 rings (SSSR count). The number of likely N-dealkylation sites (N-methyl/N-ethyl adjacent to an activating group) is 1. The quantitative estimate of drug-likeness (QED) is 0.528. The van der Waals surface area contributed by atoms with Crippen LogP contribution in [0.4, 0.5) is 0 Å². The van der Waals surface area contributed by atoms with Gasteiger partial charge in [0.2, 0.25) is 5.88 Å². The lowest BCUT2D eigenvalue weighted by Crippen LogP contribution is -2.39. The van der Waals surface area contributed by atoms with E-state index in [1.807, 2.05) is 6.07 Å². The summed E-state index contributed by atoms with van der Waals surface area (Å²) >= 11 is 0. The monoisotopic (exact) mass is 481 g/mol. The van der Waals surface area contributed by atoms with Crippen molar-refractivity contribution in [2.24, 2.45) is 5.41 Å². The predicted octanol–water partition coefficient (Wildman–Crippen LogP) is 3.91. The van der Waals surface area contributed by atoms with Crippen LogP contribution in [0.3, 0.4) is 0 Å². The predicted molar refractivity (Wildman–Crippen MR) is 134 cm³/mol. The molecule has 2 aliphatic heterocycles. The summed E-state index contributed by atoms with van der Waals surface area (Å²) in [5.74, 6) is 1.25. The van der Waals surface area contributed by atoms with Crippen LogP contribution >= 0.6 is 0 Å². The second-order valence-corrected chi connectivity index (χ2v) is 10.9. The number of carbonyl (C=O) groups is 1. The number of nitrogens with one attached hydrogen (secondary N) is 2. The summed E-state index contributed by atoms with van der Waals surface area (Å²) in [4.78, 5) is 24.7. The standard InChI is InChI=1S/C27H39N5O3/c1-17(21-8-6-14-32(21)2)35-23-15-20(18-10-13-29-16-18)30-26(31-23)24(28)19-7-5-12-27(25(19)34)11-4-3-9-22(27)33/h15,17-18,21,28-29,34H,3-14,16H2,1-2H3/t17-,18+,21-,27+/m0/s1. The SMILES string of the molecule is C[C@H](Oc1cc([C@@H]2CCNC2)nc(C(=N)C2=C(O)[C@]3(CCCCC3=O)CCC2)n1)[C@@H]1CCCN1C. The molecule has 4 atom stereocenters. The number of hydrogen-bond acceptors (Lipinski definition) is 8. The number of rotatable bonds is 6. The van der Waals surface area contributed by atoms with Gasteiger partial charge in [-0.3, -0.25) is 15.1 Å². The Labute approximate surface area is 208 Å². The number of carbonyl (C=O) groups excluding carboxylic acids is 1. The highest BCUT2D eigenvalue weighted by Gasteiger charge is 2.47. The Morgan fingerprint density at radius 3 is 2.77 bits per heavy atom. The zero-order chi connectivity index (χ0) is 24.6. The molecule has 3 heterocycles. The molecule has 0 bridgehead atoms. The number of nitrogens with zero attached hydrogens (tertiary/aromatic N) is 3. The average Bonchev–Trinajstić information content (AvgIpc) is 3.54. The molecule has 1 aromatic heterocycles. The number of Topliss-reactive ketones (excluding diaryl/α,β-unsaturated/α-hetero) is 1. The second-order valence-electron chi connectivity index (χ2n) is 10.9. The first-order valence-corrected chi connectivity index (χ1v) is 13.4. The van der Waals surface area contributed by atoms with Crippen LogP contribution in [0.15, 0.2) is 17.4 Å². The summed E-state index contributed by atoms with van der Waals surface area (Å²) in [7, 11) is 2.13. The zero-order valence-corrected chi connectivity index (χ0v) is 21.1. The van der Waals surface area contributed by atoms with E-state index in [0.29, 0.717) is 49.0 Å². The first kappa shape index (κ1) is 24.4. The van der Waals surface area contributed by atoms with Crippen LogP contribution in [0.1, 0.15) is 88.6 Å². The molecule has 2 saturated heterocycles. The van der Waals surface area contributed by atoms with Gasteiger partial charge in [0.05, 0.1) is 11.1 Å². The Hall–Kier alpha value is -2.32. The van der Waals surface area contributed by atoms with Crippen LogP contribution in [0.5, 0.6) is 5.88 Å². The minimum atomic E-state index is -0.813. The number of likely N-dealkylation sites (tertiary alicyclic amines) is 1. The highest BCUT2D eigenvalue weighted by molar-refractivity contribution is 6.09. The number of hydrogen-bond donors (Lipinski definition) is 3. The third-order valence-electron chi connectivity index (χ3n) is 8.71. The Balaban J connectivity index is 1.48. The zero-order valence-electron chi connectivity index (χ0n) is 21.1. The summed E-state index contributed by atoms with van der Waals surface area (Å²) in [6.07, 6.45) is 8.24. The highest BCUT2D eigenvalue weighted by Crippen LogP contribution is 2.48. The van der Waals surface area contributed by atoms with Crippen molar-refractivity contribution >= 4 is 11.5 Å². The fourth-order valence-electron chi connectivity index (χ4n) is 6.61. The van der Waals surface area contributed by atoms with Crippen molar-refractivity contribution in [2.75, 3.05) is 26.7 Å². The molecule has 3 fully saturated rings. The molecule has 8 nitrogen and oxygen atoms in total. The van der Waals surface area contributed by atoms with Crippen LogP contribution in [0.25, 0.3) is 0 Å². The van der Waals surface area contributed by atoms with Gasteiger partial charge in [0, 0.05) is 36.6 Å². The molecule has 1 aromatic rings. The van der Waals surface area contributed by atoms with Gasteiger partial charge in [0.1, 0.15) is 23.4 Å². The number of ketones is 1. The molecule has 4 aliphatic rings. The number of aliphatic hydroxyl groups excluding tert-OH is 1. The van der Waals surface area contributed by atoms with Gasteiger partial charge in [0.15, 0.2) is 5.82 Å². The molecule has 190 valence electrons. The summed E-state index contributed by atoms with van der Waals surface area (Å²) < 4.78 is 6.36. The lowest BCUT2D eigenvalue weighted by molar-refractivity contribution is -0.131. The average molecular weight is 482 g/mol. The molecular weight excluding hydrogens is 442 g/mol. The molecule has 0 aromatic carbocycles. The largest absolute Gasteiger partial charge is 0.511 e. The van der Waals surface area contributed by atoms with Crippen LogP contribution in [-0.2, 0) is 4.79 Å². The van der Waals surface area contributed by atoms with Gasteiger partial charge in [-0.15, -0.1) is 0 Å². The maximum atomic E-state index is 12.9. The smallest absolute Gasteiger partial charge is 0.217 e. The van der Waals surface area contributed by atoms with Crippen molar-refractivity contribution in [3.05, 3.63) is 28.9 Å². The van der Waals surface area contributed by atoms with Gasteiger partial charge in [-0.05, 0) is 78.4 Å². The fourth-order valence-corrected chi connectivity index (χ4v) is 6.61. The fraction of sp³-hybridized carbons (Fsp3) is 0.704. The van der Waals surface area contributed by atoms with Gasteiger partial charge in [-0.2, -0.15) is 4.98 Å². The molecule has 3 N–H and O–H groups in total. The van der Waals surface area contributed by atoms with Crippen molar-refractivity contribution in [1.29, 1.82) is 5.41 Å². The minimum absolute atomic E-state index is 0.0283. The van der Waals surface area contributed by atoms with E-state index in [4.69, 9.17) is 15.1 Å². The van der Waals surface area contributed by atoms with E-state index >= 15 is 0 Å². The summed E-state index contributed by atoms with van der Waals surface area (Å²) in [6, 6.07) is 2.27. The van der Waals surface area contributed by atoms with Crippen LogP contribution in [0, 0.1) is 10.8 Å². The van der Waals surface area contributed by atoms with E-state index in [1.165, 1.54) is 6.42 Å². The van der Waals surface area contributed by atoms with Gasteiger partial charge < -0.3 is 15.2 Å². The van der Waals surface area contributed by atoms with E-state index < -0.39 is 5.41 Å². The maximum Gasteiger partial charge on any atom is 0.217 e. The third-order valence-corrected chi connectivity index (χ3v) is 8.71. The Kier molecular flexibility index (Phi) is 6.95. The lowest BCUT2D eigenvalue weighted by Gasteiger charge is -2.39. The minimum Gasteiger partial charge on any atom is -0.511 e. The molecule has 0 radical (unpaired) electrons. The van der Waals surface area contributed by atoms with E-state index in [-0.39, 0.29) is 29.3 Å². The molecule has 1 spiro atoms. The van der Waals surface area contributed by atoms with Gasteiger partial charge >= 0.3 is 0 Å². The molecule has 2 aliphatic carbocycles. The van der Waals surface area contributed by atoms with Crippen molar-refractivity contribution in [3.8, 4) is 5.88 Å². The molecule has 8 heteroatoms. The van der Waals surface area contributed by atoms with Gasteiger partial charge in [-0.25, -0.2) is 4.98 Å². The Bertz CT molecular complexity index is 1020. The number of aliphatic hydroxyl groups is 1. The maximum absolute atomic E-state index is 12.9. The molecule has 0 amide bonds. The normalized spacial score (nSPS) is 30.7. The Morgan fingerprint density at radius 2 is 2.06 bits per heavy atom. The van der Waals surface area contributed by atoms with E-state index in [1.54, 1.807) is 0 Å². The van der Waals surface area contributed by atoms with Gasteiger partial charge in [0.25, 0.3) is 0 Å². The molecule has 35 heavy (non-hydrogen) atoms. The first-order valence-electron chi connectivity index (χ1n) is 13.4. The van der Waals surface area contributed by atoms with Crippen molar-refractivity contribution in [3.63, 3.8) is 0 Å². The van der Waals surface area contributed by atoms with Crippen LogP contribution < -0.4 is 10.1 Å². The first-order chi connectivity index (χ1) is 16.9. The summed E-state index contributed by atoms with van der Waals surface area (Å²) in [5.41, 5.74) is 0.725. The number of aromatic nitrogens is 2. The Morgan fingerprint density at radius 1 is 1.23 bits per heavy atom.